The van der Waals surface area contributed by atoms with Gasteiger partial charge in [-0.1, -0.05) is 34.2 Å². The van der Waals surface area contributed by atoms with E-state index in [4.69, 9.17) is 18.0 Å². The molecule has 33 nitrogen and oxygen atoms in total. The average molecular weight is 1560 g/mol. The second-order valence-corrected chi connectivity index (χ2v) is 22.7. The summed E-state index contributed by atoms with van der Waals surface area (Å²) >= 11 is 0. The van der Waals surface area contributed by atoms with Gasteiger partial charge in [-0.2, -0.15) is 73.1 Å². The van der Waals surface area contributed by atoms with E-state index in [-0.39, 0.29) is 60.1 Å². The number of nitrogens with zero attached hydrogens (tertiary/aromatic N) is 20. The number of halogens is 12. The van der Waals surface area contributed by atoms with Crippen molar-refractivity contribution in [1.29, 1.82) is 0 Å². The molecule has 12 aromatic heterocycles. The lowest BCUT2D eigenvalue weighted by molar-refractivity contribution is -0.155. The van der Waals surface area contributed by atoms with Crippen LogP contribution in [0.1, 0.15) is 58.8 Å². The Hall–Kier alpha value is -14.1. The van der Waals surface area contributed by atoms with Gasteiger partial charge in [-0.3, -0.25) is 24.0 Å². The van der Waals surface area contributed by atoms with Crippen molar-refractivity contribution in [3.8, 4) is 69.1 Å². The van der Waals surface area contributed by atoms with E-state index >= 15 is 0 Å². The molecule has 0 aliphatic heterocycles. The number of ketones is 1. The summed E-state index contributed by atoms with van der Waals surface area (Å²) in [7, 11) is 0. The highest BCUT2D eigenvalue weighted by molar-refractivity contribution is 5.92. The van der Waals surface area contributed by atoms with Crippen molar-refractivity contribution < 1.29 is 94.4 Å². The van der Waals surface area contributed by atoms with E-state index in [1.54, 1.807) is 32.0 Å². The molecule has 0 aliphatic carbocycles. The van der Waals surface area contributed by atoms with Crippen molar-refractivity contribution in [2.75, 3.05) is 26.4 Å². The predicted octanol–water partition coefficient (Wildman–Crippen LogP) is 9.41. The number of benzene rings is 1. The Morgan fingerprint density at radius 3 is 1.07 bits per heavy atom. The van der Waals surface area contributed by atoms with Crippen molar-refractivity contribution in [2.24, 2.45) is 0 Å². The molecule has 576 valence electrons. The molecule has 0 atom stereocenters. The van der Waals surface area contributed by atoms with Crippen LogP contribution in [0.15, 0.2) is 184 Å². The summed E-state index contributed by atoms with van der Waals surface area (Å²) in [6, 6.07) is 19.5. The number of Topliss-reactive ketones (excluding diaryl/α,β-unsaturated/α-hetero) is 1. The molecular formula is C66H50F12N20O13. The van der Waals surface area contributed by atoms with Crippen molar-refractivity contribution in [3.63, 3.8) is 0 Å². The number of oxazole rings is 1. The topological polar surface area (TPSA) is 401 Å². The summed E-state index contributed by atoms with van der Waals surface area (Å²) in [4.78, 5) is 93.4. The summed E-state index contributed by atoms with van der Waals surface area (Å²) in [5.74, 6) is 1.18. The van der Waals surface area contributed by atoms with Crippen LogP contribution in [-0.2, 0) is 26.2 Å². The smallest absolute Gasteiger partial charge is 0.422 e. The lowest BCUT2D eigenvalue weighted by Gasteiger charge is -2.08. The van der Waals surface area contributed by atoms with E-state index in [9.17, 15) is 76.7 Å². The molecule has 0 amide bonds. The van der Waals surface area contributed by atoms with Gasteiger partial charge in [0.05, 0.1) is 29.0 Å². The summed E-state index contributed by atoms with van der Waals surface area (Å²) in [6.07, 6.45) is -6.43. The second kappa shape index (κ2) is 34.7. The van der Waals surface area contributed by atoms with E-state index < -0.39 is 80.7 Å². The summed E-state index contributed by atoms with van der Waals surface area (Å²) in [5, 5.41) is 27.8. The molecule has 0 spiro atoms. The number of aryl methyl sites for hydroxylation is 1. The molecule has 0 saturated heterocycles. The minimum Gasteiger partial charge on any atom is -0.454 e. The first-order valence-electron chi connectivity index (χ1n) is 31.3. The molecule has 0 radical (unpaired) electrons. The van der Waals surface area contributed by atoms with Crippen LogP contribution in [-0.4, -0.2) is 156 Å². The minimum atomic E-state index is -4.50. The number of alkyl halides is 12. The number of ether oxygens (including phenoxy) is 4. The Kier molecular flexibility index (Phi) is 24.8. The van der Waals surface area contributed by atoms with Gasteiger partial charge in [0.25, 0.3) is 22.2 Å². The Morgan fingerprint density at radius 2 is 0.766 bits per heavy atom. The highest BCUT2D eigenvalue weighted by Crippen LogP contribution is 2.25. The van der Waals surface area contributed by atoms with Gasteiger partial charge in [0, 0.05) is 121 Å². The number of allylic oxidation sites excluding steroid dienone is 1. The van der Waals surface area contributed by atoms with Crippen LogP contribution in [0.3, 0.4) is 0 Å². The number of rotatable bonds is 22. The van der Waals surface area contributed by atoms with Crippen LogP contribution in [0.2, 0.25) is 0 Å². The SMILES string of the molecule is C=C(C)c1cc(Cn2nc(-c3cnc(OCC(F)(F)F)nc3)ccc2=O)on1.CC(=O)c1cc(Cn2nc(-c3cnc(OCC(F)(F)F)nc3)ccc2=O)on1.Cc1cnoc1Cn1nc(-c2cnc(OCC(F)(F)F)nc2)ccc1=O.O=c1ccc(-c2cnc(OCC(F)(F)F)nc2)nn1Cc1nc2ccccc2o1. The Labute approximate surface area is 610 Å². The zero-order chi connectivity index (χ0) is 79.8. The Morgan fingerprint density at radius 1 is 0.432 bits per heavy atom. The Balaban J connectivity index is 0.000000157. The van der Waals surface area contributed by atoms with E-state index in [1.165, 1.54) is 122 Å². The zero-order valence-electron chi connectivity index (χ0n) is 56.9. The van der Waals surface area contributed by atoms with Crippen LogP contribution in [0.25, 0.3) is 61.7 Å². The number of hydrogen-bond donors (Lipinski definition) is 0. The molecule has 0 unspecified atom stereocenters. The first kappa shape index (κ1) is 79.5. The van der Waals surface area contributed by atoms with Crippen LogP contribution in [0.4, 0.5) is 52.7 Å². The van der Waals surface area contributed by atoms with Crippen LogP contribution in [0.5, 0.6) is 24.0 Å². The maximum atomic E-state index is 12.2. The number of para-hydroxylation sites is 2. The number of aromatic nitrogens is 20. The molecule has 0 aliphatic rings. The first-order valence-corrected chi connectivity index (χ1v) is 31.3. The van der Waals surface area contributed by atoms with E-state index in [0.717, 1.165) is 19.6 Å². The maximum absolute atomic E-state index is 12.2. The normalized spacial score (nSPS) is 11.5. The van der Waals surface area contributed by atoms with Crippen molar-refractivity contribution in [1.82, 2.24) is 99.4 Å². The molecule has 13 rings (SSSR count). The second-order valence-electron chi connectivity index (χ2n) is 22.7. The summed E-state index contributed by atoms with van der Waals surface area (Å²) in [6.45, 7) is 2.76. The molecular weight excluding hydrogens is 1510 g/mol. The lowest BCUT2D eigenvalue weighted by Crippen LogP contribution is -2.23. The molecule has 111 heavy (non-hydrogen) atoms. The van der Waals surface area contributed by atoms with Gasteiger partial charge in [-0.15, -0.1) is 0 Å². The minimum absolute atomic E-state index is 0.00892. The van der Waals surface area contributed by atoms with Crippen LogP contribution < -0.4 is 41.2 Å². The van der Waals surface area contributed by atoms with Crippen molar-refractivity contribution in [3.05, 3.63) is 229 Å². The standard InChI is InChI=1S/C18H12F3N5O3.C17H14F3N5O3.C16H12F3N5O4.C15H12F3N5O3/c19-18(20,21)10-28-17-22-7-11(8-23-17)12-5-6-16(27)26(25-12)9-15-24-13-3-1-2-4-14(13)29-15;1-10(2)14-5-12(28-24-14)8-25-15(26)4-3-13(23-25)11-6-21-16(22-7-11)27-9-17(18,19)20;1-9(25)13-4-11(28-23-13)7-24-14(26)3-2-12(22-24)10-5-20-15(21-6-10)27-8-16(17,18)19;1-9-4-21-26-12(9)7-23-13(24)3-2-11(22-23)10-5-19-14(20-6-10)25-8-15(16,17)18/h1-8H,9-10H2;3-7H,1,8-9H2,2H3;2-6H,7-8H2,1H3;2-6H,7-8H2,1H3. The summed E-state index contributed by atoms with van der Waals surface area (Å²) in [5.41, 5.74) is 4.84. The molecule has 0 N–H and O–H groups in total. The molecule has 0 bridgehead atoms. The predicted molar refractivity (Wildman–Crippen MR) is 354 cm³/mol. The molecule has 0 fully saturated rings. The third kappa shape index (κ3) is 23.7. The largest absolute Gasteiger partial charge is 0.454 e. The maximum Gasteiger partial charge on any atom is 0.422 e. The zero-order valence-corrected chi connectivity index (χ0v) is 56.9. The fraction of sp³-hybridized carbons (Fsp3) is 0.227. The summed E-state index contributed by atoms with van der Waals surface area (Å²) < 4.78 is 189. The average Bonchev–Trinajstić information content (AvgIpc) is 1.72. The van der Waals surface area contributed by atoms with Crippen molar-refractivity contribution in [2.45, 2.75) is 71.7 Å². The Bertz CT molecular complexity index is 5410. The van der Waals surface area contributed by atoms with Gasteiger partial charge in [0.15, 0.2) is 55.1 Å². The monoisotopic (exact) mass is 1560 g/mol. The third-order valence-corrected chi connectivity index (χ3v) is 13.9. The van der Waals surface area contributed by atoms with Gasteiger partial charge in [0.1, 0.15) is 43.1 Å². The molecule has 0 saturated carbocycles. The van der Waals surface area contributed by atoms with Gasteiger partial charge in [0.2, 0.25) is 5.89 Å². The highest BCUT2D eigenvalue weighted by Gasteiger charge is 2.32. The number of carbonyl (C=O) groups is 1. The van der Waals surface area contributed by atoms with Gasteiger partial charge >= 0.3 is 48.7 Å². The van der Waals surface area contributed by atoms with E-state index in [2.05, 4.69) is 106 Å². The fourth-order valence-electron chi connectivity index (χ4n) is 8.70. The molecule has 45 heteroatoms. The van der Waals surface area contributed by atoms with Crippen LogP contribution >= 0.6 is 0 Å². The number of hydrogen-bond acceptors (Lipinski definition) is 29. The van der Waals surface area contributed by atoms with Crippen LogP contribution in [0, 0.1) is 6.92 Å². The molecule has 12 heterocycles. The molecule has 1 aromatic carbocycles. The number of carbonyl (C=O) groups excluding carboxylic acids is 1. The van der Waals surface area contributed by atoms with Gasteiger partial charge in [-0.05, 0) is 55.8 Å². The van der Waals surface area contributed by atoms with Gasteiger partial charge in [-0.25, -0.2) is 63.6 Å². The third-order valence-electron chi connectivity index (χ3n) is 13.9. The van der Waals surface area contributed by atoms with E-state index in [1.807, 2.05) is 12.1 Å². The molecule has 13 aromatic rings. The quantitative estimate of drug-likeness (QED) is 0.0450. The highest BCUT2D eigenvalue weighted by atomic mass is 19.4. The van der Waals surface area contributed by atoms with Crippen molar-refractivity contribution >= 4 is 22.5 Å². The number of fused-ring (bicyclic) bond motifs is 1. The fourth-order valence-corrected chi connectivity index (χ4v) is 8.70. The van der Waals surface area contributed by atoms with E-state index in [0.29, 0.717) is 84.8 Å². The van der Waals surface area contributed by atoms with Gasteiger partial charge < -0.3 is 36.9 Å². The first-order chi connectivity index (χ1) is 52.6. The lowest BCUT2D eigenvalue weighted by atomic mass is 10.2.